The summed E-state index contributed by atoms with van der Waals surface area (Å²) in [6, 6.07) is 27.2. The van der Waals surface area contributed by atoms with Crippen LogP contribution in [0.15, 0.2) is 83.9 Å². The van der Waals surface area contributed by atoms with E-state index in [2.05, 4.69) is 85.5 Å². The van der Waals surface area contributed by atoms with Gasteiger partial charge in [0.1, 0.15) is 0 Å². The van der Waals surface area contributed by atoms with Gasteiger partial charge in [-0.3, -0.25) is 4.99 Å². The summed E-state index contributed by atoms with van der Waals surface area (Å²) in [7, 11) is 0. The Bertz CT molecular complexity index is 816. The van der Waals surface area contributed by atoms with Crippen molar-refractivity contribution in [3.05, 3.63) is 84.4 Å². The molecular weight excluding hydrogens is 304 g/mol. The Kier molecular flexibility index (Phi) is 5.63. The van der Waals surface area contributed by atoms with Gasteiger partial charge < -0.3 is 4.90 Å². The van der Waals surface area contributed by atoms with Crippen LogP contribution >= 0.6 is 0 Å². The Hall–Kier alpha value is -2.87. The number of hydrogen-bond donors (Lipinski definition) is 0. The largest absolute Gasteiger partial charge is 0.372 e. The molecule has 0 aliphatic rings. The van der Waals surface area contributed by atoms with Gasteiger partial charge in [-0.2, -0.15) is 0 Å². The molecule has 0 saturated carbocycles. The lowest BCUT2D eigenvalue weighted by atomic mass is 10.0. The molecule has 0 atom stereocenters. The molecule has 0 amide bonds. The Balaban J connectivity index is 1.83. The fourth-order valence-corrected chi connectivity index (χ4v) is 2.95. The molecular formula is C23H24N2. The molecule has 0 fully saturated rings. The van der Waals surface area contributed by atoms with Gasteiger partial charge in [0.2, 0.25) is 0 Å². The smallest absolute Gasteiger partial charge is 0.0708 e. The number of aliphatic imine (C=N–C) groups is 1. The molecule has 25 heavy (non-hydrogen) atoms. The van der Waals surface area contributed by atoms with E-state index in [0.29, 0.717) is 0 Å². The minimum Gasteiger partial charge on any atom is -0.372 e. The van der Waals surface area contributed by atoms with Gasteiger partial charge in [-0.1, -0.05) is 60.7 Å². The van der Waals surface area contributed by atoms with Crippen molar-refractivity contribution in [2.75, 3.05) is 18.0 Å². The van der Waals surface area contributed by atoms with E-state index in [-0.39, 0.29) is 0 Å². The Morgan fingerprint density at radius 2 is 1.40 bits per heavy atom. The third kappa shape index (κ3) is 4.16. The summed E-state index contributed by atoms with van der Waals surface area (Å²) in [5.41, 5.74) is 5.69. The zero-order chi connectivity index (χ0) is 17.5. The highest BCUT2D eigenvalue weighted by atomic mass is 15.1. The second-order valence-corrected chi connectivity index (χ2v) is 5.91. The van der Waals surface area contributed by atoms with E-state index in [1.54, 1.807) is 0 Å². The van der Waals surface area contributed by atoms with Crippen molar-refractivity contribution in [2.24, 2.45) is 4.99 Å². The lowest BCUT2D eigenvalue weighted by Gasteiger charge is -2.20. The fourth-order valence-electron chi connectivity index (χ4n) is 2.95. The molecule has 2 nitrogen and oxygen atoms in total. The summed E-state index contributed by atoms with van der Waals surface area (Å²) in [4.78, 5) is 7.07. The van der Waals surface area contributed by atoms with Gasteiger partial charge >= 0.3 is 0 Å². The number of hydrogen-bond acceptors (Lipinski definition) is 2. The molecule has 3 aromatic rings. The van der Waals surface area contributed by atoms with Crippen LogP contribution in [-0.2, 0) is 0 Å². The van der Waals surface area contributed by atoms with Crippen LogP contribution in [-0.4, -0.2) is 19.3 Å². The second-order valence-electron chi connectivity index (χ2n) is 5.91. The molecule has 0 aliphatic heterocycles. The number of benzene rings is 3. The van der Waals surface area contributed by atoms with Gasteiger partial charge in [0.25, 0.3) is 0 Å². The van der Waals surface area contributed by atoms with E-state index in [1.165, 1.54) is 11.3 Å². The van der Waals surface area contributed by atoms with Gasteiger partial charge in [-0.15, -0.1) is 0 Å². The maximum Gasteiger partial charge on any atom is 0.0708 e. The lowest BCUT2D eigenvalue weighted by molar-refractivity contribution is 0.866. The molecule has 0 aromatic heterocycles. The van der Waals surface area contributed by atoms with Crippen molar-refractivity contribution in [1.29, 1.82) is 0 Å². The zero-order valence-corrected chi connectivity index (χ0v) is 14.9. The first-order chi connectivity index (χ1) is 12.3. The van der Waals surface area contributed by atoms with E-state index in [1.807, 2.05) is 18.3 Å². The summed E-state index contributed by atoms with van der Waals surface area (Å²) in [6.45, 7) is 6.40. The predicted octanol–water partition coefficient (Wildman–Crippen LogP) is 5.95. The second kappa shape index (κ2) is 8.29. The van der Waals surface area contributed by atoms with Gasteiger partial charge in [-0.05, 0) is 43.2 Å². The standard InChI is InChI=1S/C23H24N2/c1-3-25(4-2)21-16-14-19(15-17-21)18-24-23-13-9-8-12-22(23)20-10-6-5-7-11-20/h5-18H,3-4H2,1-2H3. The first kappa shape index (κ1) is 17.0. The quantitative estimate of drug-likeness (QED) is 0.510. The van der Waals surface area contributed by atoms with E-state index >= 15 is 0 Å². The molecule has 0 aliphatic carbocycles. The van der Waals surface area contributed by atoms with Crippen molar-refractivity contribution >= 4 is 17.6 Å². The van der Waals surface area contributed by atoms with Gasteiger partial charge in [0, 0.05) is 30.6 Å². The molecule has 0 radical (unpaired) electrons. The van der Waals surface area contributed by atoms with Crippen molar-refractivity contribution in [3.63, 3.8) is 0 Å². The number of nitrogens with zero attached hydrogens (tertiary/aromatic N) is 2. The normalized spacial score (nSPS) is 11.0. The Morgan fingerprint density at radius 1 is 0.760 bits per heavy atom. The molecule has 2 heteroatoms. The van der Waals surface area contributed by atoms with Crippen LogP contribution < -0.4 is 4.90 Å². The highest BCUT2D eigenvalue weighted by Crippen LogP contribution is 2.29. The SMILES string of the molecule is CCN(CC)c1ccc(C=Nc2ccccc2-c2ccccc2)cc1. The van der Waals surface area contributed by atoms with Gasteiger partial charge in [0.05, 0.1) is 5.69 Å². The lowest BCUT2D eigenvalue weighted by Crippen LogP contribution is -2.21. The third-order valence-corrected chi connectivity index (χ3v) is 4.36. The maximum atomic E-state index is 4.73. The maximum absolute atomic E-state index is 4.73. The van der Waals surface area contributed by atoms with Crippen molar-refractivity contribution in [3.8, 4) is 11.1 Å². The minimum absolute atomic E-state index is 0.988. The summed E-state index contributed by atoms with van der Waals surface area (Å²) in [5.74, 6) is 0. The highest BCUT2D eigenvalue weighted by Gasteiger charge is 2.03. The molecule has 0 N–H and O–H groups in total. The van der Waals surface area contributed by atoms with Crippen LogP contribution in [0.2, 0.25) is 0 Å². The summed E-state index contributed by atoms with van der Waals surface area (Å²) < 4.78 is 0. The van der Waals surface area contributed by atoms with Gasteiger partial charge in [-0.25, -0.2) is 0 Å². The monoisotopic (exact) mass is 328 g/mol. The third-order valence-electron chi connectivity index (χ3n) is 4.36. The van der Waals surface area contributed by atoms with Crippen LogP contribution in [0.3, 0.4) is 0 Å². The van der Waals surface area contributed by atoms with Crippen molar-refractivity contribution in [1.82, 2.24) is 0 Å². The fraction of sp³-hybridized carbons (Fsp3) is 0.174. The summed E-state index contributed by atoms with van der Waals surface area (Å²) in [6.07, 6.45) is 1.94. The van der Waals surface area contributed by atoms with E-state index in [9.17, 15) is 0 Å². The molecule has 0 heterocycles. The predicted molar refractivity (Wildman–Crippen MR) is 109 cm³/mol. The molecule has 3 rings (SSSR count). The van der Waals surface area contributed by atoms with Gasteiger partial charge in [0.15, 0.2) is 0 Å². The topological polar surface area (TPSA) is 15.6 Å². The average Bonchev–Trinajstić information content (AvgIpc) is 2.69. The molecule has 0 spiro atoms. The van der Waals surface area contributed by atoms with E-state index in [0.717, 1.165) is 29.9 Å². The molecule has 0 saturated heterocycles. The van der Waals surface area contributed by atoms with Crippen LogP contribution in [0, 0.1) is 0 Å². The molecule has 126 valence electrons. The first-order valence-electron chi connectivity index (χ1n) is 8.85. The number of para-hydroxylation sites is 1. The highest BCUT2D eigenvalue weighted by molar-refractivity contribution is 5.86. The van der Waals surface area contributed by atoms with Crippen LogP contribution in [0.4, 0.5) is 11.4 Å². The first-order valence-corrected chi connectivity index (χ1v) is 8.85. The van der Waals surface area contributed by atoms with Crippen LogP contribution in [0.25, 0.3) is 11.1 Å². The van der Waals surface area contributed by atoms with Crippen molar-refractivity contribution < 1.29 is 0 Å². The molecule has 3 aromatic carbocycles. The van der Waals surface area contributed by atoms with E-state index in [4.69, 9.17) is 4.99 Å². The zero-order valence-electron chi connectivity index (χ0n) is 14.9. The number of rotatable bonds is 6. The average molecular weight is 328 g/mol. The summed E-state index contributed by atoms with van der Waals surface area (Å²) >= 11 is 0. The van der Waals surface area contributed by atoms with Crippen LogP contribution in [0.5, 0.6) is 0 Å². The van der Waals surface area contributed by atoms with E-state index < -0.39 is 0 Å². The number of anilines is 1. The molecule has 0 bridgehead atoms. The molecule has 0 unspecified atom stereocenters. The Labute approximate surface area is 150 Å². The minimum atomic E-state index is 0.988. The van der Waals surface area contributed by atoms with Crippen LogP contribution in [0.1, 0.15) is 19.4 Å². The van der Waals surface area contributed by atoms with Crippen molar-refractivity contribution in [2.45, 2.75) is 13.8 Å². The Morgan fingerprint density at radius 3 is 2.08 bits per heavy atom. The summed E-state index contributed by atoms with van der Waals surface area (Å²) in [5, 5.41) is 0.